The van der Waals surface area contributed by atoms with Crippen molar-refractivity contribution in [1.82, 2.24) is 10.3 Å². The molecule has 0 amide bonds. The van der Waals surface area contributed by atoms with Crippen LogP contribution in [0.25, 0.3) is 0 Å². The Labute approximate surface area is 117 Å². The van der Waals surface area contributed by atoms with Gasteiger partial charge in [-0.1, -0.05) is 24.6 Å². The first-order valence-corrected chi connectivity index (χ1v) is 6.59. The molecule has 0 radical (unpaired) electrons. The van der Waals surface area contributed by atoms with E-state index in [0.29, 0.717) is 10.6 Å². The van der Waals surface area contributed by atoms with Crippen LogP contribution in [0.4, 0.5) is 4.39 Å². The number of hydrogen-bond donors (Lipinski definition) is 1. The van der Waals surface area contributed by atoms with Gasteiger partial charge in [0.1, 0.15) is 5.82 Å². The van der Waals surface area contributed by atoms with Crippen LogP contribution in [0.3, 0.4) is 0 Å². The zero-order chi connectivity index (χ0) is 13.8. The number of rotatable bonds is 4. The van der Waals surface area contributed by atoms with E-state index in [0.717, 1.165) is 17.7 Å². The molecule has 0 aliphatic rings. The summed E-state index contributed by atoms with van der Waals surface area (Å²) < 4.78 is 13.9. The predicted octanol–water partition coefficient (Wildman–Crippen LogP) is 3.88. The maximum absolute atomic E-state index is 13.9. The second-order valence-electron chi connectivity index (χ2n) is 4.45. The smallest absolute Gasteiger partial charge is 0.146 e. The van der Waals surface area contributed by atoms with Crippen LogP contribution in [0.2, 0.25) is 5.02 Å². The summed E-state index contributed by atoms with van der Waals surface area (Å²) in [5, 5.41) is 3.94. The predicted molar refractivity (Wildman–Crippen MR) is 75.9 cm³/mol. The van der Waals surface area contributed by atoms with E-state index in [2.05, 4.69) is 10.3 Å². The number of nitrogens with zero attached hydrogens (tertiary/aromatic N) is 1. The van der Waals surface area contributed by atoms with Gasteiger partial charge in [0.05, 0.1) is 12.2 Å². The molecule has 0 bridgehead atoms. The van der Waals surface area contributed by atoms with Crippen molar-refractivity contribution in [3.05, 3.63) is 64.2 Å². The maximum Gasteiger partial charge on any atom is 0.146 e. The monoisotopic (exact) mass is 278 g/mol. The Kier molecular flexibility index (Phi) is 4.51. The molecule has 1 N–H and O–H groups in total. The third kappa shape index (κ3) is 3.31. The van der Waals surface area contributed by atoms with Crippen LogP contribution in [-0.2, 0) is 0 Å². The largest absolute Gasteiger partial charge is 0.306 e. The zero-order valence-corrected chi connectivity index (χ0v) is 11.7. The van der Waals surface area contributed by atoms with E-state index in [9.17, 15) is 4.39 Å². The summed E-state index contributed by atoms with van der Waals surface area (Å²) >= 11 is 6.09. The van der Waals surface area contributed by atoms with Gasteiger partial charge in [0.25, 0.3) is 0 Å². The average Bonchev–Trinajstić information content (AvgIpc) is 2.36. The Balaban J connectivity index is 2.48. The Bertz CT molecular complexity index is 552. The van der Waals surface area contributed by atoms with Crippen molar-refractivity contribution < 1.29 is 4.39 Å². The molecular weight excluding hydrogens is 263 g/mol. The second kappa shape index (κ2) is 6.13. The topological polar surface area (TPSA) is 24.9 Å². The van der Waals surface area contributed by atoms with Gasteiger partial charge in [-0.25, -0.2) is 4.39 Å². The lowest BCUT2D eigenvalue weighted by Crippen LogP contribution is -2.23. The van der Waals surface area contributed by atoms with Gasteiger partial charge in [-0.3, -0.25) is 4.98 Å². The number of benzene rings is 1. The lowest BCUT2D eigenvalue weighted by molar-refractivity contribution is 0.554. The number of aryl methyl sites for hydroxylation is 1. The van der Waals surface area contributed by atoms with Crippen molar-refractivity contribution >= 4 is 11.6 Å². The molecule has 0 aliphatic carbocycles. The molecule has 1 atom stereocenters. The van der Waals surface area contributed by atoms with Gasteiger partial charge in [-0.15, -0.1) is 0 Å². The SMILES string of the molecule is CCNC(c1cc(C)cc(Cl)c1)c1ccncc1F. The van der Waals surface area contributed by atoms with Gasteiger partial charge in [0.2, 0.25) is 0 Å². The van der Waals surface area contributed by atoms with Crippen molar-refractivity contribution in [2.75, 3.05) is 6.54 Å². The fraction of sp³-hybridized carbons (Fsp3) is 0.267. The molecule has 0 aliphatic heterocycles. The summed E-state index contributed by atoms with van der Waals surface area (Å²) in [5.74, 6) is -0.314. The quantitative estimate of drug-likeness (QED) is 0.918. The highest BCUT2D eigenvalue weighted by Crippen LogP contribution is 2.27. The molecule has 2 nitrogen and oxygen atoms in total. The Morgan fingerprint density at radius 1 is 1.37 bits per heavy atom. The minimum absolute atomic E-state index is 0.217. The van der Waals surface area contributed by atoms with Crippen molar-refractivity contribution in [2.24, 2.45) is 0 Å². The van der Waals surface area contributed by atoms with E-state index in [1.54, 1.807) is 12.3 Å². The van der Waals surface area contributed by atoms with Gasteiger partial charge in [-0.2, -0.15) is 0 Å². The first-order valence-electron chi connectivity index (χ1n) is 6.21. The molecule has 1 aromatic carbocycles. The molecule has 0 saturated carbocycles. The second-order valence-corrected chi connectivity index (χ2v) is 4.89. The Morgan fingerprint density at radius 3 is 2.79 bits per heavy atom. The van der Waals surface area contributed by atoms with E-state index >= 15 is 0 Å². The third-order valence-corrected chi connectivity index (χ3v) is 3.14. The summed E-state index contributed by atoms with van der Waals surface area (Å²) in [6.07, 6.45) is 2.83. The fourth-order valence-electron chi connectivity index (χ4n) is 2.16. The minimum Gasteiger partial charge on any atom is -0.306 e. The molecular formula is C15H16ClFN2. The van der Waals surface area contributed by atoms with Gasteiger partial charge in [0, 0.05) is 16.8 Å². The first-order chi connectivity index (χ1) is 9.11. The maximum atomic E-state index is 13.9. The van der Waals surface area contributed by atoms with Crippen LogP contribution >= 0.6 is 11.6 Å². The third-order valence-electron chi connectivity index (χ3n) is 2.92. The number of nitrogens with one attached hydrogen (secondary N) is 1. The minimum atomic E-state index is -0.314. The van der Waals surface area contributed by atoms with Crippen molar-refractivity contribution in [3.8, 4) is 0 Å². The van der Waals surface area contributed by atoms with Gasteiger partial charge < -0.3 is 5.32 Å². The van der Waals surface area contributed by atoms with E-state index in [-0.39, 0.29) is 11.9 Å². The van der Waals surface area contributed by atoms with E-state index in [4.69, 9.17) is 11.6 Å². The molecule has 0 saturated heterocycles. The van der Waals surface area contributed by atoms with Crippen LogP contribution < -0.4 is 5.32 Å². The van der Waals surface area contributed by atoms with Crippen LogP contribution in [-0.4, -0.2) is 11.5 Å². The molecule has 2 rings (SSSR count). The summed E-state index contributed by atoms with van der Waals surface area (Å²) in [7, 11) is 0. The Morgan fingerprint density at radius 2 is 2.16 bits per heavy atom. The molecule has 0 fully saturated rings. The normalized spacial score (nSPS) is 12.4. The molecule has 0 spiro atoms. The number of aromatic nitrogens is 1. The lowest BCUT2D eigenvalue weighted by Gasteiger charge is -2.20. The number of halogens is 2. The van der Waals surface area contributed by atoms with Gasteiger partial charge >= 0.3 is 0 Å². The molecule has 2 aromatic rings. The summed E-state index contributed by atoms with van der Waals surface area (Å²) in [4.78, 5) is 3.79. The van der Waals surface area contributed by atoms with E-state index < -0.39 is 0 Å². The highest BCUT2D eigenvalue weighted by atomic mass is 35.5. The number of hydrogen-bond acceptors (Lipinski definition) is 2. The highest BCUT2D eigenvalue weighted by molar-refractivity contribution is 6.30. The van der Waals surface area contributed by atoms with E-state index in [1.807, 2.05) is 32.0 Å². The summed E-state index contributed by atoms with van der Waals surface area (Å²) in [6.45, 7) is 4.70. The van der Waals surface area contributed by atoms with Gasteiger partial charge in [0.15, 0.2) is 0 Å². The highest BCUT2D eigenvalue weighted by Gasteiger charge is 2.17. The van der Waals surface area contributed by atoms with Crippen LogP contribution in [0.1, 0.15) is 29.7 Å². The molecule has 4 heteroatoms. The molecule has 1 heterocycles. The molecule has 1 aromatic heterocycles. The van der Waals surface area contributed by atoms with Crippen LogP contribution in [0.15, 0.2) is 36.7 Å². The molecule has 1 unspecified atom stereocenters. The van der Waals surface area contributed by atoms with E-state index in [1.165, 1.54) is 6.20 Å². The van der Waals surface area contributed by atoms with Crippen LogP contribution in [0.5, 0.6) is 0 Å². The molecule has 19 heavy (non-hydrogen) atoms. The lowest BCUT2D eigenvalue weighted by atomic mass is 9.97. The number of pyridine rings is 1. The van der Waals surface area contributed by atoms with Crippen LogP contribution in [0, 0.1) is 12.7 Å². The molecule has 100 valence electrons. The van der Waals surface area contributed by atoms with Crippen molar-refractivity contribution in [3.63, 3.8) is 0 Å². The first kappa shape index (κ1) is 14.0. The van der Waals surface area contributed by atoms with Gasteiger partial charge in [-0.05, 0) is 42.8 Å². The summed E-state index contributed by atoms with van der Waals surface area (Å²) in [6, 6.07) is 7.24. The average molecular weight is 279 g/mol. The zero-order valence-electron chi connectivity index (χ0n) is 11.0. The summed E-state index contributed by atoms with van der Waals surface area (Å²) in [5.41, 5.74) is 2.59. The van der Waals surface area contributed by atoms with Crippen molar-refractivity contribution in [2.45, 2.75) is 19.9 Å². The standard InChI is InChI=1S/C15H16ClFN2/c1-3-19-15(13-4-5-18-9-14(13)17)11-6-10(2)7-12(16)8-11/h4-9,15,19H,3H2,1-2H3. The van der Waals surface area contributed by atoms with Crippen molar-refractivity contribution in [1.29, 1.82) is 0 Å². The fourth-order valence-corrected chi connectivity index (χ4v) is 2.46. The Hall–Kier alpha value is -1.45.